The van der Waals surface area contributed by atoms with Gasteiger partial charge >= 0.3 is 14.8 Å². The van der Waals surface area contributed by atoms with Gasteiger partial charge in [-0.05, 0) is 34.1 Å². The van der Waals surface area contributed by atoms with Crippen LogP contribution in [0.4, 0.5) is 0 Å². The minimum absolute atomic E-state index is 0.0806. The lowest BCUT2D eigenvalue weighted by molar-refractivity contribution is -0.138. The third-order valence-electron chi connectivity index (χ3n) is 2.78. The van der Waals surface area contributed by atoms with Crippen molar-refractivity contribution < 1.29 is 22.8 Å². The van der Waals surface area contributed by atoms with Crippen molar-refractivity contribution in [2.75, 3.05) is 13.2 Å². The van der Waals surface area contributed by atoms with Crippen LogP contribution < -0.4 is 0 Å². The van der Waals surface area contributed by atoms with Crippen molar-refractivity contribution in [3.63, 3.8) is 0 Å². The molecule has 0 spiro atoms. The molecule has 0 aromatic carbocycles. The van der Waals surface area contributed by atoms with Gasteiger partial charge in [-0.1, -0.05) is 6.58 Å². The predicted molar refractivity (Wildman–Crippen MR) is 73.7 cm³/mol. The molecular weight excluding hydrogens is 264 g/mol. The van der Waals surface area contributed by atoms with Gasteiger partial charge in [-0.15, -0.1) is 0 Å². The lowest BCUT2D eigenvalue weighted by Crippen LogP contribution is -2.58. The maximum atomic E-state index is 11.1. The Morgan fingerprint density at radius 1 is 1.58 bits per heavy atom. The molecule has 1 aliphatic heterocycles. The third kappa shape index (κ3) is 5.06. The summed E-state index contributed by atoms with van der Waals surface area (Å²) in [6.07, 6.45) is 2.04. The van der Waals surface area contributed by atoms with Crippen LogP contribution >= 0.6 is 0 Å². The maximum Gasteiger partial charge on any atom is 0.505 e. The summed E-state index contributed by atoms with van der Waals surface area (Å²) in [5.74, 6) is -0.441. The number of rotatable bonds is 6. The fourth-order valence-electron chi connectivity index (χ4n) is 2.33. The number of esters is 1. The van der Waals surface area contributed by atoms with E-state index in [9.17, 15) is 4.79 Å². The zero-order valence-electron chi connectivity index (χ0n) is 12.2. The van der Waals surface area contributed by atoms with E-state index in [0.29, 0.717) is 12.7 Å². The number of hydrogen-bond donors (Lipinski definition) is 0. The Morgan fingerprint density at radius 2 is 2.26 bits per heavy atom. The molecule has 2 unspecified atom stereocenters. The Kier molecular flexibility index (Phi) is 5.73. The first-order valence-corrected chi connectivity index (χ1v) is 8.57. The zero-order chi connectivity index (χ0) is 14.5. The fraction of sp³-hybridized carbons (Fsp3) is 0.769. The van der Waals surface area contributed by atoms with Gasteiger partial charge in [-0.2, -0.15) is 0 Å². The van der Waals surface area contributed by atoms with Gasteiger partial charge < -0.3 is 18.0 Å². The SMILES string of the molecule is C=CC(=O)OCC[Si]1(OCC)OC(C)CC(C)(C)O1. The van der Waals surface area contributed by atoms with E-state index in [1.807, 2.05) is 27.7 Å². The monoisotopic (exact) mass is 288 g/mol. The molecular formula is C13H24O5Si. The number of ether oxygens (including phenoxy) is 1. The van der Waals surface area contributed by atoms with Gasteiger partial charge in [0.25, 0.3) is 0 Å². The lowest BCUT2D eigenvalue weighted by atomic mass is 10.0. The molecule has 1 heterocycles. The molecule has 6 heteroatoms. The maximum absolute atomic E-state index is 11.1. The molecule has 0 aliphatic carbocycles. The Hall–Kier alpha value is -0.693. The van der Waals surface area contributed by atoms with E-state index in [2.05, 4.69) is 6.58 Å². The van der Waals surface area contributed by atoms with Crippen LogP contribution in [0, 0.1) is 0 Å². The molecule has 1 fully saturated rings. The van der Waals surface area contributed by atoms with Crippen LogP contribution in [-0.2, 0) is 22.8 Å². The van der Waals surface area contributed by atoms with E-state index in [1.54, 1.807) is 0 Å². The molecule has 0 bridgehead atoms. The van der Waals surface area contributed by atoms with Crippen molar-refractivity contribution >= 4 is 14.8 Å². The standard InChI is InChI=1S/C13H24O5Si/c1-6-12(14)15-8-9-19(16-7-2)17-11(3)10-13(4,5)18-19/h6,11H,1,7-10H2,2-5H3. The lowest BCUT2D eigenvalue weighted by Gasteiger charge is -2.44. The van der Waals surface area contributed by atoms with Gasteiger partial charge in [0.1, 0.15) is 0 Å². The molecule has 0 saturated carbocycles. The van der Waals surface area contributed by atoms with E-state index < -0.39 is 14.8 Å². The van der Waals surface area contributed by atoms with Crippen LogP contribution in [0.25, 0.3) is 0 Å². The molecule has 0 radical (unpaired) electrons. The van der Waals surface area contributed by atoms with Crippen LogP contribution in [0.15, 0.2) is 12.7 Å². The largest absolute Gasteiger partial charge is 0.505 e. The average Bonchev–Trinajstić information content (AvgIpc) is 2.26. The van der Waals surface area contributed by atoms with Crippen molar-refractivity contribution in [3.05, 3.63) is 12.7 Å². The molecule has 0 aromatic heterocycles. The highest BCUT2D eigenvalue weighted by Crippen LogP contribution is 2.34. The number of hydrogen-bond acceptors (Lipinski definition) is 5. The van der Waals surface area contributed by atoms with Gasteiger partial charge in [0, 0.05) is 18.8 Å². The van der Waals surface area contributed by atoms with Crippen molar-refractivity contribution in [2.24, 2.45) is 0 Å². The van der Waals surface area contributed by atoms with Gasteiger partial charge in [-0.25, -0.2) is 4.79 Å². The van der Waals surface area contributed by atoms with E-state index in [0.717, 1.165) is 12.5 Å². The minimum Gasteiger partial charge on any atom is -0.463 e. The molecule has 0 aromatic rings. The molecule has 1 saturated heterocycles. The van der Waals surface area contributed by atoms with Crippen molar-refractivity contribution in [2.45, 2.75) is 51.9 Å². The summed E-state index contributed by atoms with van der Waals surface area (Å²) in [5.41, 5.74) is -0.276. The second-order valence-electron chi connectivity index (χ2n) is 5.23. The van der Waals surface area contributed by atoms with Crippen molar-refractivity contribution in [3.8, 4) is 0 Å². The second-order valence-corrected chi connectivity index (χ2v) is 7.83. The molecule has 110 valence electrons. The van der Waals surface area contributed by atoms with Gasteiger partial charge in [0.05, 0.1) is 18.3 Å². The van der Waals surface area contributed by atoms with Crippen molar-refractivity contribution in [1.29, 1.82) is 0 Å². The summed E-state index contributed by atoms with van der Waals surface area (Å²) in [6.45, 7) is 12.1. The summed E-state index contributed by atoms with van der Waals surface area (Å²) < 4.78 is 22.8. The molecule has 2 atom stereocenters. The molecule has 0 amide bonds. The van der Waals surface area contributed by atoms with Gasteiger partial charge in [0.15, 0.2) is 0 Å². The number of carbonyl (C=O) groups is 1. The number of carbonyl (C=O) groups excluding carboxylic acids is 1. The predicted octanol–water partition coefficient (Wildman–Crippen LogP) is 2.29. The van der Waals surface area contributed by atoms with Gasteiger partial charge in [0.2, 0.25) is 0 Å². The van der Waals surface area contributed by atoms with Crippen molar-refractivity contribution in [1.82, 2.24) is 0 Å². The zero-order valence-corrected chi connectivity index (χ0v) is 13.2. The quantitative estimate of drug-likeness (QED) is 0.426. The van der Waals surface area contributed by atoms with E-state index in [-0.39, 0.29) is 18.3 Å². The van der Waals surface area contributed by atoms with Crippen LogP contribution in [0.3, 0.4) is 0 Å². The Balaban J connectivity index is 2.67. The smallest absolute Gasteiger partial charge is 0.463 e. The summed E-state index contributed by atoms with van der Waals surface area (Å²) in [6, 6.07) is 0.466. The van der Waals surface area contributed by atoms with Crippen LogP contribution in [0.5, 0.6) is 0 Å². The Morgan fingerprint density at radius 3 is 2.79 bits per heavy atom. The second kappa shape index (κ2) is 6.65. The first-order valence-electron chi connectivity index (χ1n) is 6.63. The Bertz CT molecular complexity index is 331. The normalized spacial score (nSPS) is 29.8. The van der Waals surface area contributed by atoms with E-state index in [1.165, 1.54) is 0 Å². The minimum atomic E-state index is -2.77. The molecule has 5 nitrogen and oxygen atoms in total. The average molecular weight is 288 g/mol. The summed E-state index contributed by atoms with van der Waals surface area (Å²) in [4.78, 5) is 11.1. The topological polar surface area (TPSA) is 54.0 Å². The third-order valence-corrected chi connectivity index (χ3v) is 5.95. The highest BCUT2D eigenvalue weighted by molar-refractivity contribution is 6.61. The molecule has 1 aliphatic rings. The first kappa shape index (κ1) is 16.4. The Labute approximate surface area is 116 Å². The molecule has 1 rings (SSSR count). The van der Waals surface area contributed by atoms with Crippen LogP contribution in [0.2, 0.25) is 6.04 Å². The fourth-order valence-corrected chi connectivity index (χ4v) is 5.28. The first-order chi connectivity index (χ1) is 8.82. The molecule has 19 heavy (non-hydrogen) atoms. The van der Waals surface area contributed by atoms with Gasteiger partial charge in [-0.3, -0.25) is 0 Å². The highest BCUT2D eigenvalue weighted by atomic mass is 28.4. The highest BCUT2D eigenvalue weighted by Gasteiger charge is 2.51. The van der Waals surface area contributed by atoms with E-state index >= 15 is 0 Å². The van der Waals surface area contributed by atoms with E-state index in [4.69, 9.17) is 18.0 Å². The van der Waals surface area contributed by atoms with Crippen LogP contribution in [0.1, 0.15) is 34.1 Å². The summed E-state index contributed by atoms with van der Waals surface area (Å²) in [7, 11) is -2.77. The summed E-state index contributed by atoms with van der Waals surface area (Å²) in [5, 5.41) is 0. The summed E-state index contributed by atoms with van der Waals surface area (Å²) >= 11 is 0. The van der Waals surface area contributed by atoms with Crippen LogP contribution in [-0.4, -0.2) is 39.7 Å². The molecule has 0 N–H and O–H groups in total.